The van der Waals surface area contributed by atoms with Crippen molar-refractivity contribution < 1.29 is 14.3 Å². The second kappa shape index (κ2) is 9.60. The maximum atomic E-state index is 11.7. The second-order valence-corrected chi connectivity index (χ2v) is 7.85. The van der Waals surface area contributed by atoms with E-state index < -0.39 is 0 Å². The average Bonchev–Trinajstić information content (AvgIpc) is 3.21. The highest BCUT2D eigenvalue weighted by Crippen LogP contribution is 2.33. The fourth-order valence-electron chi connectivity index (χ4n) is 3.17. The Morgan fingerprint density at radius 3 is 2.88 bits per heavy atom. The van der Waals surface area contributed by atoms with E-state index in [9.17, 15) is 4.79 Å². The van der Waals surface area contributed by atoms with Crippen LogP contribution in [0, 0.1) is 11.3 Å². The summed E-state index contributed by atoms with van der Waals surface area (Å²) in [6, 6.07) is 15.0. The molecule has 162 valence electrons. The molecule has 4 rings (SSSR count). The number of amides is 1. The number of aromatic nitrogens is 1. The van der Waals surface area contributed by atoms with Crippen molar-refractivity contribution >= 4 is 28.6 Å². The average molecular weight is 448 g/mol. The van der Waals surface area contributed by atoms with Crippen molar-refractivity contribution in [2.75, 3.05) is 32.2 Å². The molecular weight excluding hydrogens is 426 g/mol. The number of ether oxygens (including phenoxy) is 2. The van der Waals surface area contributed by atoms with Gasteiger partial charge in [0.1, 0.15) is 5.75 Å². The number of hydrogen-bond acceptors (Lipinski definition) is 7. The third-order valence-electron chi connectivity index (χ3n) is 4.82. The number of nitrogens with zero attached hydrogens (tertiary/aromatic N) is 4. The largest absolute Gasteiger partial charge is 0.482 e. The van der Waals surface area contributed by atoms with Crippen molar-refractivity contribution in [3.8, 4) is 23.1 Å². The van der Waals surface area contributed by atoms with Crippen LogP contribution in [0.3, 0.4) is 0 Å². The quantitative estimate of drug-likeness (QED) is 0.463. The number of thiazole rings is 1. The van der Waals surface area contributed by atoms with Gasteiger partial charge < -0.3 is 14.8 Å². The Morgan fingerprint density at radius 2 is 2.12 bits per heavy atom. The van der Waals surface area contributed by atoms with Gasteiger partial charge in [0.05, 0.1) is 41.9 Å². The van der Waals surface area contributed by atoms with E-state index in [2.05, 4.69) is 16.4 Å². The van der Waals surface area contributed by atoms with E-state index in [-0.39, 0.29) is 12.5 Å². The van der Waals surface area contributed by atoms with Gasteiger partial charge in [0.25, 0.3) is 5.91 Å². The van der Waals surface area contributed by atoms with Crippen LogP contribution < -0.4 is 14.9 Å². The van der Waals surface area contributed by atoms with Crippen molar-refractivity contribution in [2.45, 2.75) is 6.92 Å². The Morgan fingerprint density at radius 1 is 1.31 bits per heavy atom. The first-order chi connectivity index (χ1) is 15.6. The van der Waals surface area contributed by atoms with Gasteiger partial charge in [0.2, 0.25) is 4.80 Å². The van der Waals surface area contributed by atoms with Gasteiger partial charge in [-0.3, -0.25) is 9.79 Å². The van der Waals surface area contributed by atoms with Crippen LogP contribution in [-0.4, -0.2) is 43.2 Å². The van der Waals surface area contributed by atoms with Gasteiger partial charge in [-0.1, -0.05) is 12.1 Å². The van der Waals surface area contributed by atoms with Crippen LogP contribution in [0.15, 0.2) is 57.9 Å². The lowest BCUT2D eigenvalue weighted by Gasteiger charge is -2.18. The summed E-state index contributed by atoms with van der Waals surface area (Å²) in [6.45, 7) is 2.95. The molecule has 2 aromatic carbocycles. The Bertz CT molecular complexity index is 1280. The molecule has 1 N–H and O–H groups in total. The molecule has 0 saturated heterocycles. The van der Waals surface area contributed by atoms with Gasteiger partial charge in [-0.05, 0) is 42.8 Å². The molecule has 2 heterocycles. The summed E-state index contributed by atoms with van der Waals surface area (Å²) in [7, 11) is 1.64. The molecular formula is C23H21N5O3S. The number of anilines is 1. The summed E-state index contributed by atoms with van der Waals surface area (Å²) in [5.41, 5.74) is 4.61. The van der Waals surface area contributed by atoms with Crippen molar-refractivity contribution in [1.82, 2.24) is 4.68 Å². The third kappa shape index (κ3) is 4.61. The number of nitrogens with one attached hydrogen (secondary N) is 1. The molecule has 0 bridgehead atoms. The lowest BCUT2D eigenvalue weighted by Crippen LogP contribution is -2.25. The Hall–Kier alpha value is -3.74. The molecule has 32 heavy (non-hydrogen) atoms. The van der Waals surface area contributed by atoms with Crippen molar-refractivity contribution in [1.29, 1.82) is 5.26 Å². The van der Waals surface area contributed by atoms with E-state index in [1.807, 2.05) is 42.6 Å². The predicted octanol–water partition coefficient (Wildman–Crippen LogP) is 3.24. The minimum absolute atomic E-state index is 0.0153. The summed E-state index contributed by atoms with van der Waals surface area (Å²) >= 11 is 1.47. The Labute approximate surface area is 189 Å². The van der Waals surface area contributed by atoms with Crippen LogP contribution in [0.5, 0.6) is 5.75 Å². The molecule has 0 fully saturated rings. The van der Waals surface area contributed by atoms with Gasteiger partial charge in [-0.25, -0.2) is 4.68 Å². The first-order valence-electron chi connectivity index (χ1n) is 9.92. The van der Waals surface area contributed by atoms with E-state index in [0.29, 0.717) is 30.2 Å². The summed E-state index contributed by atoms with van der Waals surface area (Å²) < 4.78 is 12.4. The number of methoxy groups -OCH3 is 1. The maximum absolute atomic E-state index is 11.7. The molecule has 0 unspecified atom stereocenters. The molecule has 3 aromatic rings. The summed E-state index contributed by atoms with van der Waals surface area (Å²) in [6.07, 6.45) is 0. The zero-order chi connectivity index (χ0) is 22.5. The van der Waals surface area contributed by atoms with Gasteiger partial charge in [-0.2, -0.15) is 10.4 Å². The minimum Gasteiger partial charge on any atom is -0.482 e. The summed E-state index contributed by atoms with van der Waals surface area (Å²) in [5, 5.41) is 18.7. The highest BCUT2D eigenvalue weighted by molar-refractivity contribution is 7.07. The molecule has 8 nitrogen and oxygen atoms in total. The molecule has 0 aliphatic carbocycles. The predicted molar refractivity (Wildman–Crippen MR) is 123 cm³/mol. The van der Waals surface area contributed by atoms with Gasteiger partial charge in [0.15, 0.2) is 6.61 Å². The number of nitriles is 1. The molecule has 1 amide bonds. The van der Waals surface area contributed by atoms with Crippen molar-refractivity contribution in [2.24, 2.45) is 10.1 Å². The van der Waals surface area contributed by atoms with Crippen LogP contribution >= 0.6 is 11.3 Å². The van der Waals surface area contributed by atoms with E-state index in [4.69, 9.17) is 19.8 Å². The van der Waals surface area contributed by atoms with Gasteiger partial charge in [0, 0.05) is 18.1 Å². The molecule has 1 aromatic heterocycles. The van der Waals surface area contributed by atoms with Crippen LogP contribution in [-0.2, 0) is 9.53 Å². The molecule has 1 aliphatic heterocycles. The number of carbonyl (C=O) groups is 1. The normalized spacial score (nSPS) is 13.8. The fourth-order valence-corrected chi connectivity index (χ4v) is 4.03. The molecule has 0 atom stereocenters. The second-order valence-electron chi connectivity index (χ2n) is 7.01. The zero-order valence-electron chi connectivity index (χ0n) is 17.7. The molecule has 1 aliphatic rings. The number of benzene rings is 2. The van der Waals surface area contributed by atoms with Crippen LogP contribution in [0.1, 0.15) is 18.1 Å². The Balaban J connectivity index is 1.78. The number of rotatable bonds is 6. The highest BCUT2D eigenvalue weighted by Gasteiger charge is 2.18. The SMILES string of the molecule is COCCN=c1scc(-c2ccc3c(c2)NC(=O)CO3)n1/N=C(\C)c1ccc(C#N)cc1. The lowest BCUT2D eigenvalue weighted by atomic mass is 10.1. The van der Waals surface area contributed by atoms with Crippen molar-refractivity contribution in [3.63, 3.8) is 0 Å². The van der Waals surface area contributed by atoms with Crippen LogP contribution in [0.4, 0.5) is 5.69 Å². The number of fused-ring (bicyclic) bond motifs is 1. The minimum atomic E-state index is -0.183. The Kier molecular flexibility index (Phi) is 6.44. The maximum Gasteiger partial charge on any atom is 0.262 e. The van der Waals surface area contributed by atoms with E-state index in [1.54, 1.807) is 23.9 Å². The number of hydrogen-bond donors (Lipinski definition) is 1. The molecule has 0 saturated carbocycles. The fraction of sp³-hybridized carbons (Fsp3) is 0.217. The van der Waals surface area contributed by atoms with Gasteiger partial charge in [-0.15, -0.1) is 11.3 Å². The molecule has 0 radical (unpaired) electrons. The smallest absolute Gasteiger partial charge is 0.262 e. The van der Waals surface area contributed by atoms with Gasteiger partial charge >= 0.3 is 0 Å². The van der Waals surface area contributed by atoms with E-state index >= 15 is 0 Å². The first kappa shape index (κ1) is 21.5. The lowest BCUT2D eigenvalue weighted by molar-refractivity contribution is -0.118. The zero-order valence-corrected chi connectivity index (χ0v) is 18.5. The van der Waals surface area contributed by atoms with E-state index in [1.165, 1.54) is 11.3 Å². The van der Waals surface area contributed by atoms with Crippen LogP contribution in [0.2, 0.25) is 0 Å². The van der Waals surface area contributed by atoms with E-state index in [0.717, 1.165) is 27.3 Å². The standard InChI is InChI=1S/C23H21N5O3S/c1-15(17-5-3-16(12-24)4-6-17)27-28-20(14-32-23(28)25-9-10-30-2)18-7-8-21-19(11-18)26-22(29)13-31-21/h3-8,11,14H,9-10,13H2,1-2H3,(H,26,29)/b25-23?,27-15+. The molecule has 9 heteroatoms. The first-order valence-corrected chi connectivity index (χ1v) is 10.8. The summed E-state index contributed by atoms with van der Waals surface area (Å²) in [5.74, 6) is 0.454. The molecule has 0 spiro atoms. The van der Waals surface area contributed by atoms with Crippen molar-refractivity contribution in [3.05, 3.63) is 63.8 Å². The number of carbonyl (C=O) groups excluding carboxylic acids is 1. The third-order valence-corrected chi connectivity index (χ3v) is 5.67. The monoisotopic (exact) mass is 447 g/mol. The van der Waals surface area contributed by atoms with Crippen LogP contribution in [0.25, 0.3) is 11.3 Å². The summed E-state index contributed by atoms with van der Waals surface area (Å²) in [4.78, 5) is 17.1. The highest BCUT2D eigenvalue weighted by atomic mass is 32.1. The topological polar surface area (TPSA) is 101 Å².